The number of benzene rings is 2. The fourth-order valence-corrected chi connectivity index (χ4v) is 9.56. The van der Waals surface area contributed by atoms with Gasteiger partial charge >= 0.3 is 12.2 Å². The molecule has 0 bridgehead atoms. The summed E-state index contributed by atoms with van der Waals surface area (Å²) in [4.78, 5) is 70.4. The van der Waals surface area contributed by atoms with Crippen LogP contribution in [-0.2, 0) is 9.59 Å². The molecular weight excluding hydrogens is 713 g/mol. The third kappa shape index (κ3) is 7.74. The highest BCUT2D eigenvalue weighted by Gasteiger charge is 2.41. The number of nitrogens with zero attached hydrogens (tertiary/aromatic N) is 4. The maximum atomic E-state index is 13.7. The Kier molecular flexibility index (Phi) is 10.8. The Hall–Kier alpha value is -5.66. The molecule has 6 N–H and O–H groups in total. The number of H-pyrrole nitrogens is 2. The van der Waals surface area contributed by atoms with Gasteiger partial charge in [-0.1, -0.05) is 74.2 Å². The molecule has 4 fully saturated rings. The van der Waals surface area contributed by atoms with Crippen molar-refractivity contribution < 1.29 is 29.4 Å². The van der Waals surface area contributed by atoms with Crippen LogP contribution in [0, 0.1) is 11.8 Å². The lowest BCUT2D eigenvalue weighted by molar-refractivity contribution is -0.139. The van der Waals surface area contributed by atoms with Crippen molar-refractivity contribution in [2.24, 2.45) is 11.8 Å². The van der Waals surface area contributed by atoms with Crippen LogP contribution in [0.2, 0.25) is 0 Å². The van der Waals surface area contributed by atoms with Crippen LogP contribution < -0.4 is 10.6 Å². The third-order valence-corrected chi connectivity index (χ3v) is 12.4. The number of imidazole rings is 2. The molecule has 14 nitrogen and oxygen atoms in total. The number of nitrogens with one attached hydrogen (secondary N) is 4. The van der Waals surface area contributed by atoms with Crippen LogP contribution >= 0.6 is 0 Å². The zero-order valence-corrected chi connectivity index (χ0v) is 31.5. The molecule has 4 heterocycles. The summed E-state index contributed by atoms with van der Waals surface area (Å²) in [6.07, 6.45) is 11.3. The zero-order chi connectivity index (χ0) is 38.8. The number of aromatic nitrogens is 4. The van der Waals surface area contributed by atoms with Crippen molar-refractivity contribution in [3.05, 3.63) is 72.6 Å². The van der Waals surface area contributed by atoms with E-state index in [0.29, 0.717) is 38.8 Å². The summed E-state index contributed by atoms with van der Waals surface area (Å²) in [5.41, 5.74) is 5.84. The molecule has 0 spiro atoms. The van der Waals surface area contributed by atoms with Crippen molar-refractivity contribution in [3.8, 4) is 33.6 Å². The van der Waals surface area contributed by atoms with Crippen LogP contribution in [0.1, 0.15) is 101 Å². The molecule has 4 aliphatic rings. The number of aromatic amines is 2. The van der Waals surface area contributed by atoms with Gasteiger partial charge < -0.3 is 40.6 Å². The van der Waals surface area contributed by atoms with E-state index in [1.807, 2.05) is 22.2 Å². The fraction of sp³-hybridized carbons (Fsp3) is 0.476. The van der Waals surface area contributed by atoms with Crippen LogP contribution in [0.25, 0.3) is 33.6 Å². The van der Waals surface area contributed by atoms with Crippen LogP contribution in [0.3, 0.4) is 0 Å². The fourth-order valence-electron chi connectivity index (χ4n) is 9.56. The summed E-state index contributed by atoms with van der Waals surface area (Å²) >= 11 is 0. The predicted octanol–water partition coefficient (Wildman–Crippen LogP) is 7.11. The van der Waals surface area contributed by atoms with E-state index in [-0.39, 0.29) is 47.8 Å². The number of likely N-dealkylation sites (tertiary alicyclic amines) is 2. The number of hydrogen-bond donors (Lipinski definition) is 6. The lowest BCUT2D eigenvalue weighted by Gasteiger charge is -2.35. The molecule has 2 aliphatic carbocycles. The van der Waals surface area contributed by atoms with Gasteiger partial charge in [0.15, 0.2) is 0 Å². The second-order valence-electron chi connectivity index (χ2n) is 15.8. The predicted molar refractivity (Wildman–Crippen MR) is 208 cm³/mol. The Bertz CT molecular complexity index is 1900. The Morgan fingerprint density at radius 2 is 0.911 bits per heavy atom. The molecule has 0 radical (unpaired) electrons. The minimum atomic E-state index is -1.08. The zero-order valence-electron chi connectivity index (χ0n) is 31.5. The van der Waals surface area contributed by atoms with Gasteiger partial charge in [-0.05, 0) is 73.6 Å². The van der Waals surface area contributed by atoms with E-state index < -0.39 is 12.2 Å². The minimum absolute atomic E-state index is 0.0148. The topological polar surface area (TPSA) is 197 Å². The van der Waals surface area contributed by atoms with Crippen LogP contribution in [0.5, 0.6) is 0 Å². The van der Waals surface area contributed by atoms with Crippen molar-refractivity contribution in [2.75, 3.05) is 13.1 Å². The number of amides is 4. The Labute approximate surface area is 325 Å². The van der Waals surface area contributed by atoms with Gasteiger partial charge in [0.25, 0.3) is 0 Å². The highest BCUT2D eigenvalue weighted by Crippen LogP contribution is 2.38. The second-order valence-corrected chi connectivity index (χ2v) is 15.8. The second kappa shape index (κ2) is 16.2. The standard InChI is InChI=1S/C42H50N8O6/c51-39(29-7-1-3-9-31(29)47-41(53)54)49-21-5-11-35(49)37-43-23-33(45-37)27-17-13-25(14-18-27)26-15-19-28(20-16-26)34-24-44-38(46-34)36-12-6-22-50(36)40(52)30-8-2-4-10-32(30)48-42(55)56/h13-20,23-24,29-32,35-36,47-48H,1-12,21-22H2,(H,43,45)(H,44,46)(H,53,54)(H,55,56)/t29-,30-,31-,32-,35+,36+/m1/s1. The third-order valence-electron chi connectivity index (χ3n) is 12.4. The van der Waals surface area contributed by atoms with Gasteiger partial charge in [-0.15, -0.1) is 0 Å². The van der Waals surface area contributed by atoms with Crippen molar-refractivity contribution in [3.63, 3.8) is 0 Å². The minimum Gasteiger partial charge on any atom is -0.465 e. The van der Waals surface area contributed by atoms with Crippen molar-refractivity contribution in [1.82, 2.24) is 40.4 Å². The van der Waals surface area contributed by atoms with Gasteiger partial charge in [0.05, 0.1) is 47.7 Å². The van der Waals surface area contributed by atoms with Gasteiger partial charge in [0.2, 0.25) is 11.8 Å². The van der Waals surface area contributed by atoms with E-state index in [1.54, 1.807) is 0 Å². The molecule has 2 saturated heterocycles. The van der Waals surface area contributed by atoms with Crippen molar-refractivity contribution >= 4 is 24.0 Å². The highest BCUT2D eigenvalue weighted by molar-refractivity contribution is 5.82. The number of carbonyl (C=O) groups excluding carboxylic acids is 2. The van der Waals surface area contributed by atoms with Crippen molar-refractivity contribution in [1.29, 1.82) is 0 Å². The monoisotopic (exact) mass is 762 g/mol. The van der Waals surface area contributed by atoms with E-state index in [4.69, 9.17) is 9.97 Å². The van der Waals surface area contributed by atoms with Crippen LogP contribution in [0.4, 0.5) is 9.59 Å². The van der Waals surface area contributed by atoms with E-state index in [1.165, 1.54) is 0 Å². The lowest BCUT2D eigenvalue weighted by atomic mass is 9.83. The molecule has 2 aromatic carbocycles. The molecule has 2 aliphatic heterocycles. The summed E-state index contributed by atoms with van der Waals surface area (Å²) < 4.78 is 0. The van der Waals surface area contributed by atoms with Gasteiger partial charge in [-0.2, -0.15) is 0 Å². The molecule has 294 valence electrons. The largest absolute Gasteiger partial charge is 0.465 e. The number of hydrogen-bond acceptors (Lipinski definition) is 6. The molecule has 14 heteroatoms. The number of carbonyl (C=O) groups is 4. The number of carboxylic acid groups (broad SMARTS) is 2. The maximum Gasteiger partial charge on any atom is 0.404 e. The molecule has 0 unspecified atom stereocenters. The molecule has 2 aromatic heterocycles. The van der Waals surface area contributed by atoms with Crippen LogP contribution in [-0.4, -0.2) is 89.1 Å². The molecule has 4 amide bonds. The van der Waals surface area contributed by atoms with E-state index >= 15 is 0 Å². The average Bonchev–Trinajstić information content (AvgIpc) is 4.05. The quantitative estimate of drug-likeness (QED) is 0.104. The molecule has 4 aromatic rings. The number of rotatable bonds is 9. The van der Waals surface area contributed by atoms with E-state index in [2.05, 4.69) is 69.1 Å². The summed E-state index contributed by atoms with van der Waals surface area (Å²) in [5.74, 6) is 0.843. The Morgan fingerprint density at radius 3 is 1.30 bits per heavy atom. The van der Waals surface area contributed by atoms with E-state index in [9.17, 15) is 29.4 Å². The Balaban J connectivity index is 0.907. The highest BCUT2D eigenvalue weighted by atomic mass is 16.4. The van der Waals surface area contributed by atoms with Gasteiger partial charge in [0.1, 0.15) is 11.6 Å². The van der Waals surface area contributed by atoms with Gasteiger partial charge in [0, 0.05) is 25.2 Å². The van der Waals surface area contributed by atoms with Gasteiger partial charge in [-0.3, -0.25) is 9.59 Å². The van der Waals surface area contributed by atoms with Crippen LogP contribution in [0.15, 0.2) is 60.9 Å². The molecule has 2 saturated carbocycles. The molecule has 6 atom stereocenters. The average molecular weight is 763 g/mol. The summed E-state index contributed by atoms with van der Waals surface area (Å²) in [6.45, 7) is 1.28. The smallest absolute Gasteiger partial charge is 0.404 e. The molecule has 56 heavy (non-hydrogen) atoms. The molecular formula is C42H50N8O6. The first-order valence-corrected chi connectivity index (χ1v) is 20.1. The first-order valence-electron chi connectivity index (χ1n) is 20.1. The summed E-state index contributed by atoms with van der Waals surface area (Å²) in [5, 5.41) is 23.8. The maximum absolute atomic E-state index is 13.7. The normalized spacial score (nSPS) is 25.2. The molecule has 8 rings (SSSR count). The van der Waals surface area contributed by atoms with E-state index in [0.717, 1.165) is 96.7 Å². The SMILES string of the molecule is O=C(O)N[C@@H]1CCCC[C@H]1C(=O)N1CCC[C@H]1c1ncc(-c2ccc(-c3ccc(-c4cnc([C@@H]5CCCN5C(=O)[C@@H]5CCCC[C@H]5NC(=O)O)[nH]4)cc3)cc2)[nH]1. The van der Waals surface area contributed by atoms with Crippen molar-refractivity contribution in [2.45, 2.75) is 101 Å². The summed E-state index contributed by atoms with van der Waals surface area (Å²) in [6, 6.07) is 15.5. The first-order chi connectivity index (χ1) is 27.2. The first kappa shape index (κ1) is 37.3. The van der Waals surface area contributed by atoms with Gasteiger partial charge in [-0.25, -0.2) is 19.6 Å². The summed E-state index contributed by atoms with van der Waals surface area (Å²) in [7, 11) is 0. The Morgan fingerprint density at radius 1 is 0.536 bits per heavy atom. The lowest BCUT2D eigenvalue weighted by Crippen LogP contribution is -2.49.